The molecule has 2 nitrogen and oxygen atoms in total. The number of ether oxygens (including phenoxy) is 1. The first-order chi connectivity index (χ1) is 13.5. The van der Waals surface area contributed by atoms with E-state index in [0.717, 1.165) is 30.7 Å². The number of alkyl halides is 2. The van der Waals surface area contributed by atoms with Crippen LogP contribution in [0.2, 0.25) is 0 Å². The lowest BCUT2D eigenvalue weighted by Crippen LogP contribution is -2.22. The van der Waals surface area contributed by atoms with Gasteiger partial charge in [-0.2, -0.15) is 14.0 Å². The molecule has 28 heavy (non-hydrogen) atoms. The minimum absolute atomic E-state index is 0.0347. The van der Waals surface area contributed by atoms with Crippen LogP contribution < -0.4 is 4.74 Å². The van der Waals surface area contributed by atoms with Crippen LogP contribution in [0.25, 0.3) is 0 Å². The van der Waals surface area contributed by atoms with Crippen molar-refractivity contribution in [2.45, 2.75) is 51.1 Å². The standard InChI is InChI=1S/C24H25F2NO/c1-2-3-4-18-5-9-20(10-6-18)21-11-13-22(14-12-21)24(25,26)28-23-15-7-19(17-27)8-16-23/h2-3,7-8,11-16,18,20H,4-6,9-10H2,1H3/b3-2+. The molecule has 0 unspecified atom stereocenters. The summed E-state index contributed by atoms with van der Waals surface area (Å²) in [6, 6.07) is 14.2. The molecule has 0 spiro atoms. The summed E-state index contributed by atoms with van der Waals surface area (Å²) in [6.07, 6.45) is 6.65. The molecule has 0 amide bonds. The van der Waals surface area contributed by atoms with Crippen molar-refractivity contribution in [3.8, 4) is 11.8 Å². The molecule has 0 atom stereocenters. The number of hydrogen-bond donors (Lipinski definition) is 0. The zero-order chi connectivity index (χ0) is 20.0. The van der Waals surface area contributed by atoms with Gasteiger partial charge in [0, 0.05) is 0 Å². The Hall–Kier alpha value is -2.67. The first kappa shape index (κ1) is 20.1. The van der Waals surface area contributed by atoms with E-state index in [4.69, 9.17) is 10.00 Å². The Bertz CT molecular complexity index is 826. The molecular weight excluding hydrogens is 356 g/mol. The highest BCUT2D eigenvalue weighted by Crippen LogP contribution is 2.38. The average Bonchev–Trinajstić information content (AvgIpc) is 2.73. The molecule has 2 aromatic carbocycles. The lowest BCUT2D eigenvalue weighted by atomic mass is 9.77. The quantitative estimate of drug-likeness (QED) is 0.508. The van der Waals surface area contributed by atoms with Crippen molar-refractivity contribution in [1.82, 2.24) is 0 Å². The minimum Gasteiger partial charge on any atom is -0.429 e. The number of halogens is 2. The molecule has 0 aliphatic heterocycles. The minimum atomic E-state index is -3.42. The summed E-state index contributed by atoms with van der Waals surface area (Å²) in [5.41, 5.74) is 1.37. The van der Waals surface area contributed by atoms with Gasteiger partial charge in [-0.05, 0) is 92.8 Å². The van der Waals surface area contributed by atoms with E-state index in [-0.39, 0.29) is 11.3 Å². The van der Waals surface area contributed by atoms with Gasteiger partial charge in [0.1, 0.15) is 5.75 Å². The van der Waals surface area contributed by atoms with Gasteiger partial charge in [0.15, 0.2) is 0 Å². The van der Waals surface area contributed by atoms with E-state index >= 15 is 0 Å². The zero-order valence-corrected chi connectivity index (χ0v) is 16.1. The third kappa shape index (κ3) is 4.98. The molecule has 0 radical (unpaired) electrons. The third-order valence-electron chi connectivity index (χ3n) is 5.50. The van der Waals surface area contributed by atoms with Gasteiger partial charge in [0.2, 0.25) is 0 Å². The number of nitrogens with zero attached hydrogens (tertiary/aromatic N) is 1. The van der Waals surface area contributed by atoms with Gasteiger partial charge in [-0.25, -0.2) is 0 Å². The number of allylic oxidation sites excluding steroid dienone is 2. The van der Waals surface area contributed by atoms with Crippen LogP contribution in [0.1, 0.15) is 61.6 Å². The summed E-state index contributed by atoms with van der Waals surface area (Å²) < 4.78 is 33.8. The monoisotopic (exact) mass is 381 g/mol. The normalized spacial score (nSPS) is 20.1. The largest absolute Gasteiger partial charge is 0.429 e. The van der Waals surface area contributed by atoms with Crippen LogP contribution in [0.4, 0.5) is 8.78 Å². The first-order valence-electron chi connectivity index (χ1n) is 9.80. The van der Waals surface area contributed by atoms with Crippen LogP contribution in [0, 0.1) is 17.2 Å². The molecule has 0 heterocycles. The van der Waals surface area contributed by atoms with Crippen LogP contribution in [0.15, 0.2) is 60.7 Å². The van der Waals surface area contributed by atoms with E-state index in [9.17, 15) is 8.78 Å². The van der Waals surface area contributed by atoms with Crippen LogP contribution in [0.5, 0.6) is 5.75 Å². The summed E-state index contributed by atoms with van der Waals surface area (Å²) in [7, 11) is 0. The molecule has 0 N–H and O–H groups in total. The van der Waals surface area contributed by atoms with Gasteiger partial charge >= 0.3 is 6.11 Å². The Morgan fingerprint density at radius 2 is 1.68 bits per heavy atom. The van der Waals surface area contributed by atoms with Crippen molar-refractivity contribution in [3.63, 3.8) is 0 Å². The molecule has 0 aromatic heterocycles. The van der Waals surface area contributed by atoms with E-state index in [1.807, 2.05) is 25.1 Å². The highest BCUT2D eigenvalue weighted by Gasteiger charge is 2.34. The van der Waals surface area contributed by atoms with E-state index in [1.54, 1.807) is 0 Å². The van der Waals surface area contributed by atoms with Crippen LogP contribution in [0.3, 0.4) is 0 Å². The first-order valence-corrected chi connectivity index (χ1v) is 9.80. The van der Waals surface area contributed by atoms with Gasteiger partial charge < -0.3 is 4.74 Å². The van der Waals surface area contributed by atoms with Crippen molar-refractivity contribution < 1.29 is 13.5 Å². The van der Waals surface area contributed by atoms with Crippen LogP contribution >= 0.6 is 0 Å². The number of benzene rings is 2. The Morgan fingerprint density at radius 3 is 2.25 bits per heavy atom. The van der Waals surface area contributed by atoms with E-state index in [1.165, 1.54) is 49.2 Å². The van der Waals surface area contributed by atoms with Gasteiger partial charge in [0.25, 0.3) is 0 Å². The molecule has 0 saturated heterocycles. The lowest BCUT2D eigenvalue weighted by molar-refractivity contribution is -0.185. The number of hydrogen-bond acceptors (Lipinski definition) is 2. The maximum absolute atomic E-state index is 14.5. The second kappa shape index (κ2) is 9.01. The van der Waals surface area contributed by atoms with Crippen molar-refractivity contribution in [2.24, 2.45) is 5.92 Å². The highest BCUT2D eigenvalue weighted by atomic mass is 19.3. The van der Waals surface area contributed by atoms with Gasteiger partial charge in [-0.1, -0.05) is 24.3 Å². The Balaban J connectivity index is 1.62. The summed E-state index contributed by atoms with van der Waals surface area (Å²) in [6.45, 7) is 2.05. The fourth-order valence-electron chi connectivity index (χ4n) is 3.81. The van der Waals surface area contributed by atoms with Crippen molar-refractivity contribution in [3.05, 3.63) is 77.4 Å². The van der Waals surface area contributed by atoms with Crippen molar-refractivity contribution in [2.75, 3.05) is 0 Å². The summed E-state index contributed by atoms with van der Waals surface area (Å²) in [4.78, 5) is 0. The van der Waals surface area contributed by atoms with Crippen LogP contribution in [-0.2, 0) is 6.11 Å². The highest BCUT2D eigenvalue weighted by molar-refractivity contribution is 5.35. The predicted octanol–water partition coefficient (Wildman–Crippen LogP) is 6.93. The summed E-state index contributed by atoms with van der Waals surface area (Å²) in [5, 5.41) is 8.78. The van der Waals surface area contributed by atoms with E-state index in [2.05, 4.69) is 12.2 Å². The van der Waals surface area contributed by atoms with Gasteiger partial charge in [-0.15, -0.1) is 0 Å². The molecule has 1 saturated carbocycles. The Morgan fingerprint density at radius 1 is 1.04 bits per heavy atom. The molecule has 1 fully saturated rings. The lowest BCUT2D eigenvalue weighted by Gasteiger charge is -2.28. The molecule has 0 bridgehead atoms. The van der Waals surface area contributed by atoms with Gasteiger partial charge in [-0.3, -0.25) is 0 Å². The summed E-state index contributed by atoms with van der Waals surface area (Å²) in [5.74, 6) is 1.23. The molecule has 2 aromatic rings. The SMILES string of the molecule is C/C=C/CC1CCC(c2ccc(C(F)(F)Oc3ccc(C#N)cc3)cc2)CC1. The van der Waals surface area contributed by atoms with Crippen molar-refractivity contribution >= 4 is 0 Å². The fraction of sp³-hybridized carbons (Fsp3) is 0.375. The van der Waals surface area contributed by atoms with E-state index in [0.29, 0.717) is 11.5 Å². The van der Waals surface area contributed by atoms with Gasteiger partial charge in [0.05, 0.1) is 17.2 Å². The van der Waals surface area contributed by atoms with Crippen LogP contribution in [-0.4, -0.2) is 0 Å². The molecule has 4 heteroatoms. The molecule has 1 aliphatic carbocycles. The Kier molecular flexibility index (Phi) is 6.46. The number of rotatable bonds is 6. The smallest absolute Gasteiger partial charge is 0.426 e. The number of nitriles is 1. The summed E-state index contributed by atoms with van der Waals surface area (Å²) >= 11 is 0. The van der Waals surface area contributed by atoms with Crippen molar-refractivity contribution in [1.29, 1.82) is 5.26 Å². The maximum atomic E-state index is 14.5. The molecule has 3 rings (SSSR count). The second-order valence-corrected chi connectivity index (χ2v) is 7.40. The fourth-order valence-corrected chi connectivity index (χ4v) is 3.81. The zero-order valence-electron chi connectivity index (χ0n) is 16.1. The molecule has 1 aliphatic rings. The third-order valence-corrected chi connectivity index (χ3v) is 5.50. The van der Waals surface area contributed by atoms with E-state index < -0.39 is 6.11 Å². The maximum Gasteiger partial charge on any atom is 0.426 e. The molecule has 146 valence electrons. The topological polar surface area (TPSA) is 33.0 Å². The predicted molar refractivity (Wildman–Crippen MR) is 106 cm³/mol. The Labute approximate surface area is 165 Å². The molecular formula is C24H25F2NO. The second-order valence-electron chi connectivity index (χ2n) is 7.40. The average molecular weight is 381 g/mol.